The van der Waals surface area contributed by atoms with Crippen LogP contribution in [0.15, 0.2) is 48.5 Å². The van der Waals surface area contributed by atoms with Crippen molar-refractivity contribution in [1.29, 1.82) is 0 Å². The molecule has 0 saturated heterocycles. The van der Waals surface area contributed by atoms with Gasteiger partial charge in [-0.15, -0.1) is 0 Å². The quantitative estimate of drug-likeness (QED) is 0.850. The molecule has 0 aromatic heterocycles. The van der Waals surface area contributed by atoms with E-state index in [4.69, 9.17) is 0 Å². The number of nitrogens with one attached hydrogen (secondary N) is 1. The van der Waals surface area contributed by atoms with Crippen molar-refractivity contribution in [3.8, 4) is 0 Å². The molecule has 1 N–H and O–H groups in total. The number of rotatable bonds is 7. The fourth-order valence-electron chi connectivity index (χ4n) is 2.44. The molecular weight excluding hydrogens is 294 g/mol. The van der Waals surface area contributed by atoms with Gasteiger partial charge in [-0.05, 0) is 35.1 Å². The van der Waals surface area contributed by atoms with Crippen molar-refractivity contribution in [2.75, 3.05) is 0 Å². The SMILES string of the molecule is CCc1ccc(CC)c(CNS(=O)(=O)Cc2ccccc2)c1. The topological polar surface area (TPSA) is 46.2 Å². The zero-order valence-electron chi connectivity index (χ0n) is 13.2. The first-order valence-electron chi connectivity index (χ1n) is 7.66. The zero-order valence-corrected chi connectivity index (χ0v) is 14.0. The smallest absolute Gasteiger partial charge is 0.212 e. The van der Waals surface area contributed by atoms with Gasteiger partial charge in [0, 0.05) is 6.54 Å². The van der Waals surface area contributed by atoms with E-state index in [2.05, 4.69) is 36.8 Å². The minimum absolute atomic E-state index is 0.0166. The summed E-state index contributed by atoms with van der Waals surface area (Å²) in [6, 6.07) is 15.6. The van der Waals surface area contributed by atoms with Crippen molar-refractivity contribution in [3.05, 3.63) is 70.8 Å². The van der Waals surface area contributed by atoms with E-state index in [1.165, 1.54) is 11.1 Å². The molecule has 0 bridgehead atoms. The second-order valence-electron chi connectivity index (χ2n) is 5.38. The number of aryl methyl sites for hydroxylation is 2. The van der Waals surface area contributed by atoms with E-state index >= 15 is 0 Å². The van der Waals surface area contributed by atoms with Gasteiger partial charge < -0.3 is 0 Å². The van der Waals surface area contributed by atoms with Crippen molar-refractivity contribution in [2.45, 2.75) is 39.0 Å². The Balaban J connectivity index is 2.08. The van der Waals surface area contributed by atoms with Gasteiger partial charge in [-0.25, -0.2) is 13.1 Å². The molecule has 3 nitrogen and oxygen atoms in total. The van der Waals surface area contributed by atoms with Gasteiger partial charge in [-0.3, -0.25) is 0 Å². The van der Waals surface area contributed by atoms with Gasteiger partial charge in [-0.1, -0.05) is 62.4 Å². The van der Waals surface area contributed by atoms with E-state index < -0.39 is 10.0 Å². The third kappa shape index (κ3) is 4.68. The van der Waals surface area contributed by atoms with Gasteiger partial charge in [0.2, 0.25) is 10.0 Å². The van der Waals surface area contributed by atoms with E-state index in [1.54, 1.807) is 0 Å². The Labute approximate surface area is 133 Å². The average Bonchev–Trinajstić information content (AvgIpc) is 2.53. The normalized spacial score (nSPS) is 11.5. The first-order valence-corrected chi connectivity index (χ1v) is 9.31. The molecule has 2 aromatic carbocycles. The molecule has 0 aliphatic heterocycles. The molecule has 118 valence electrons. The maximum absolute atomic E-state index is 12.2. The molecule has 2 rings (SSSR count). The fourth-order valence-corrected chi connectivity index (χ4v) is 3.55. The zero-order chi connectivity index (χ0) is 16.0. The van der Waals surface area contributed by atoms with E-state index in [0.29, 0.717) is 6.54 Å². The Morgan fingerprint density at radius 2 is 1.59 bits per heavy atom. The van der Waals surface area contributed by atoms with Gasteiger partial charge in [0.1, 0.15) is 0 Å². The molecule has 0 spiro atoms. The van der Waals surface area contributed by atoms with Gasteiger partial charge in [0.05, 0.1) is 5.75 Å². The lowest BCUT2D eigenvalue weighted by molar-refractivity contribution is 0.580. The van der Waals surface area contributed by atoms with Crippen molar-refractivity contribution in [3.63, 3.8) is 0 Å². The summed E-state index contributed by atoms with van der Waals surface area (Å²) in [7, 11) is -3.33. The van der Waals surface area contributed by atoms with Crippen molar-refractivity contribution >= 4 is 10.0 Å². The highest BCUT2D eigenvalue weighted by Crippen LogP contribution is 2.14. The predicted molar refractivity (Wildman–Crippen MR) is 91.1 cm³/mol. The Morgan fingerprint density at radius 3 is 2.23 bits per heavy atom. The first-order chi connectivity index (χ1) is 10.5. The van der Waals surface area contributed by atoms with E-state index in [1.807, 2.05) is 30.3 Å². The second-order valence-corrected chi connectivity index (χ2v) is 7.18. The highest BCUT2D eigenvalue weighted by atomic mass is 32.2. The van der Waals surface area contributed by atoms with Crippen LogP contribution in [0.3, 0.4) is 0 Å². The summed E-state index contributed by atoms with van der Waals surface area (Å²) in [5.41, 5.74) is 4.29. The van der Waals surface area contributed by atoms with Crippen LogP contribution < -0.4 is 4.72 Å². The van der Waals surface area contributed by atoms with Crippen LogP contribution in [0.4, 0.5) is 0 Å². The van der Waals surface area contributed by atoms with Crippen LogP contribution in [0.5, 0.6) is 0 Å². The molecule has 0 aliphatic rings. The van der Waals surface area contributed by atoms with Crippen molar-refractivity contribution < 1.29 is 8.42 Å². The van der Waals surface area contributed by atoms with Gasteiger partial charge >= 0.3 is 0 Å². The lowest BCUT2D eigenvalue weighted by Crippen LogP contribution is -2.25. The Morgan fingerprint density at radius 1 is 0.864 bits per heavy atom. The summed E-state index contributed by atoms with van der Waals surface area (Å²) >= 11 is 0. The second kappa shape index (κ2) is 7.56. The highest BCUT2D eigenvalue weighted by Gasteiger charge is 2.12. The molecule has 0 fully saturated rings. The number of hydrogen-bond acceptors (Lipinski definition) is 2. The summed E-state index contributed by atoms with van der Waals surface area (Å²) in [6.07, 6.45) is 1.85. The van der Waals surface area contributed by atoms with Crippen molar-refractivity contribution in [1.82, 2.24) is 4.72 Å². The molecule has 0 aliphatic carbocycles. The Hall–Kier alpha value is -1.65. The van der Waals surface area contributed by atoms with Crippen LogP contribution in [0.25, 0.3) is 0 Å². The highest BCUT2D eigenvalue weighted by molar-refractivity contribution is 7.88. The molecule has 0 amide bonds. The third-order valence-corrected chi connectivity index (χ3v) is 5.04. The molecule has 2 aromatic rings. The maximum atomic E-state index is 12.2. The molecule has 0 heterocycles. The maximum Gasteiger partial charge on any atom is 0.216 e. The summed E-state index contributed by atoms with van der Waals surface area (Å²) < 4.78 is 27.2. The van der Waals surface area contributed by atoms with Gasteiger partial charge in [0.15, 0.2) is 0 Å². The molecule has 0 saturated carbocycles. The minimum atomic E-state index is -3.33. The molecule has 4 heteroatoms. The largest absolute Gasteiger partial charge is 0.216 e. The van der Waals surface area contributed by atoms with Crippen LogP contribution in [-0.2, 0) is 35.2 Å². The first kappa shape index (κ1) is 16.7. The molecule has 0 unspecified atom stereocenters. The van der Waals surface area contributed by atoms with Crippen LogP contribution >= 0.6 is 0 Å². The summed E-state index contributed by atoms with van der Waals surface area (Å²) in [4.78, 5) is 0. The predicted octanol–water partition coefficient (Wildman–Crippen LogP) is 3.43. The molecule has 0 atom stereocenters. The average molecular weight is 317 g/mol. The number of hydrogen-bond donors (Lipinski definition) is 1. The lowest BCUT2D eigenvalue weighted by Gasteiger charge is -2.12. The van der Waals surface area contributed by atoms with E-state index in [9.17, 15) is 8.42 Å². The van der Waals surface area contributed by atoms with E-state index in [-0.39, 0.29) is 5.75 Å². The summed E-state index contributed by atoms with van der Waals surface area (Å²) in [5, 5.41) is 0. The van der Waals surface area contributed by atoms with Crippen LogP contribution in [0.1, 0.15) is 36.1 Å². The molecule has 0 radical (unpaired) electrons. The van der Waals surface area contributed by atoms with Crippen LogP contribution in [-0.4, -0.2) is 8.42 Å². The number of sulfonamides is 1. The van der Waals surface area contributed by atoms with Crippen LogP contribution in [0.2, 0.25) is 0 Å². The van der Waals surface area contributed by atoms with Gasteiger partial charge in [0.25, 0.3) is 0 Å². The molecule has 22 heavy (non-hydrogen) atoms. The lowest BCUT2D eigenvalue weighted by atomic mass is 10.0. The summed E-state index contributed by atoms with van der Waals surface area (Å²) in [6.45, 7) is 4.54. The van der Waals surface area contributed by atoms with E-state index in [0.717, 1.165) is 24.0 Å². The number of benzene rings is 2. The monoisotopic (exact) mass is 317 g/mol. The Bertz CT molecular complexity index is 709. The fraction of sp³-hybridized carbons (Fsp3) is 0.333. The van der Waals surface area contributed by atoms with Crippen molar-refractivity contribution in [2.24, 2.45) is 0 Å². The summed E-state index contributed by atoms with van der Waals surface area (Å²) in [5.74, 6) is 0.0166. The molecular formula is C18H23NO2S. The third-order valence-electron chi connectivity index (χ3n) is 3.74. The van der Waals surface area contributed by atoms with Crippen LogP contribution in [0, 0.1) is 0 Å². The minimum Gasteiger partial charge on any atom is -0.212 e. The van der Waals surface area contributed by atoms with Gasteiger partial charge in [-0.2, -0.15) is 0 Å². The Kier molecular flexibility index (Phi) is 5.75. The standard InChI is InChI=1S/C18H23NO2S/c1-3-15-10-11-17(4-2)18(12-15)13-19-22(20,21)14-16-8-6-5-7-9-16/h5-12,19H,3-4,13-14H2,1-2H3.